The molecule has 0 radical (unpaired) electrons. The fraction of sp³-hybridized carbons (Fsp3) is 0.212. The van der Waals surface area contributed by atoms with Crippen molar-refractivity contribution in [2.75, 3.05) is 5.32 Å². The molecule has 1 saturated carbocycles. The van der Waals surface area contributed by atoms with Gasteiger partial charge in [-0.1, -0.05) is 103 Å². The Bertz CT molecular complexity index is 1350. The normalized spacial score (nSPS) is 16.6. The van der Waals surface area contributed by atoms with Gasteiger partial charge >= 0.3 is 6.09 Å². The van der Waals surface area contributed by atoms with Crippen molar-refractivity contribution >= 4 is 17.7 Å². The fourth-order valence-electron chi connectivity index (χ4n) is 4.64. The maximum atomic E-state index is 13.2. The second-order valence-electron chi connectivity index (χ2n) is 9.87. The number of carbonyl (C=O) groups is 2. The zero-order valence-corrected chi connectivity index (χ0v) is 21.8. The van der Waals surface area contributed by atoms with E-state index in [0.717, 1.165) is 24.1 Å². The van der Waals surface area contributed by atoms with E-state index in [2.05, 4.69) is 52.3 Å². The number of alkyl carbamates (subject to hydrolysis) is 1. The van der Waals surface area contributed by atoms with Crippen molar-refractivity contribution in [3.8, 4) is 0 Å². The summed E-state index contributed by atoms with van der Waals surface area (Å²) >= 11 is 0. The molecule has 39 heavy (non-hydrogen) atoms. The van der Waals surface area contributed by atoms with Crippen molar-refractivity contribution in [3.05, 3.63) is 138 Å². The van der Waals surface area contributed by atoms with Crippen molar-refractivity contribution < 1.29 is 14.3 Å². The zero-order valence-electron chi connectivity index (χ0n) is 21.8. The quantitative estimate of drug-likeness (QED) is 0.234. The molecule has 1 fully saturated rings. The van der Waals surface area contributed by atoms with E-state index in [1.807, 2.05) is 78.9 Å². The van der Waals surface area contributed by atoms with Gasteiger partial charge in [0, 0.05) is 30.6 Å². The van der Waals surface area contributed by atoms with Gasteiger partial charge in [0.1, 0.15) is 12.6 Å². The lowest BCUT2D eigenvalue weighted by atomic mass is 10.0. The van der Waals surface area contributed by atoms with Crippen LogP contribution in [0.15, 0.2) is 115 Å². The molecule has 3 atom stereocenters. The van der Waals surface area contributed by atoms with E-state index >= 15 is 0 Å². The van der Waals surface area contributed by atoms with E-state index < -0.39 is 12.1 Å². The molecule has 1 aliphatic carbocycles. The largest absolute Gasteiger partial charge is 0.445 e. The highest BCUT2D eigenvalue weighted by Crippen LogP contribution is 2.41. The topological polar surface area (TPSA) is 79.5 Å². The maximum absolute atomic E-state index is 13.2. The summed E-state index contributed by atoms with van der Waals surface area (Å²) in [6.45, 7) is 0.996. The van der Waals surface area contributed by atoms with Crippen LogP contribution in [0.3, 0.4) is 0 Å². The lowest BCUT2D eigenvalue weighted by Crippen LogP contribution is -2.45. The zero-order chi connectivity index (χ0) is 26.9. The highest BCUT2D eigenvalue weighted by atomic mass is 16.5. The van der Waals surface area contributed by atoms with Crippen LogP contribution >= 0.6 is 0 Å². The number of rotatable bonds is 11. The summed E-state index contributed by atoms with van der Waals surface area (Å²) in [6.07, 6.45) is 0.822. The molecule has 0 aromatic heterocycles. The molecule has 198 valence electrons. The first-order valence-electron chi connectivity index (χ1n) is 13.3. The molecular formula is C33H33N3O3. The summed E-state index contributed by atoms with van der Waals surface area (Å²) in [5.41, 5.74) is 5.05. The van der Waals surface area contributed by atoms with E-state index in [9.17, 15) is 9.59 Å². The van der Waals surface area contributed by atoms with E-state index in [0.29, 0.717) is 24.1 Å². The smallest absolute Gasteiger partial charge is 0.408 e. The molecule has 3 N–H and O–H groups in total. The Morgan fingerprint density at radius 2 is 1.33 bits per heavy atom. The molecule has 0 spiro atoms. The van der Waals surface area contributed by atoms with Crippen molar-refractivity contribution in [1.29, 1.82) is 0 Å². The van der Waals surface area contributed by atoms with Gasteiger partial charge in [-0.3, -0.25) is 4.79 Å². The molecule has 0 bridgehead atoms. The SMILES string of the molecule is O=C(N[C@@H](Cc1ccccc1)C(=O)Nc1ccc([C@@H]2C[C@H]2NCc2ccccc2)cc1)OCc1ccccc1. The van der Waals surface area contributed by atoms with E-state index in [4.69, 9.17) is 4.74 Å². The lowest BCUT2D eigenvalue weighted by Gasteiger charge is -2.19. The molecule has 4 aromatic rings. The predicted octanol–water partition coefficient (Wildman–Crippen LogP) is 5.81. The minimum absolute atomic E-state index is 0.135. The monoisotopic (exact) mass is 519 g/mol. The van der Waals surface area contributed by atoms with Crippen LogP contribution in [0.4, 0.5) is 10.5 Å². The Morgan fingerprint density at radius 1 is 0.744 bits per heavy atom. The van der Waals surface area contributed by atoms with Gasteiger partial charge in [-0.15, -0.1) is 0 Å². The standard InChI is InChI=1S/C33H33N3O3/c37-32(31(20-24-10-4-1-5-11-24)36-33(38)39-23-26-14-8-3-9-15-26)35-28-18-16-27(17-19-28)29-21-30(29)34-22-25-12-6-2-7-13-25/h1-19,29-31,34H,20-23H2,(H,35,37)(H,36,38)/t29-,30+,31-/m0/s1. The van der Waals surface area contributed by atoms with E-state index in [1.54, 1.807) is 0 Å². The number of anilines is 1. The molecule has 0 aliphatic heterocycles. The number of hydrogen-bond acceptors (Lipinski definition) is 4. The summed E-state index contributed by atoms with van der Waals surface area (Å²) in [7, 11) is 0. The van der Waals surface area contributed by atoms with Crippen LogP contribution in [0.5, 0.6) is 0 Å². The Morgan fingerprint density at radius 3 is 1.97 bits per heavy atom. The third kappa shape index (κ3) is 7.79. The predicted molar refractivity (Wildman–Crippen MR) is 153 cm³/mol. The number of amides is 2. The molecule has 0 unspecified atom stereocenters. The lowest BCUT2D eigenvalue weighted by molar-refractivity contribution is -0.118. The van der Waals surface area contributed by atoms with Gasteiger partial charge in [-0.05, 0) is 40.8 Å². The highest BCUT2D eigenvalue weighted by Gasteiger charge is 2.37. The Labute approximate surface area is 229 Å². The van der Waals surface area contributed by atoms with Gasteiger partial charge in [0.15, 0.2) is 0 Å². The van der Waals surface area contributed by atoms with Crippen LogP contribution in [-0.4, -0.2) is 24.1 Å². The molecule has 2 amide bonds. The number of benzene rings is 4. The summed E-state index contributed by atoms with van der Waals surface area (Å²) in [5.74, 6) is 0.183. The third-order valence-corrected chi connectivity index (χ3v) is 6.91. The first kappa shape index (κ1) is 26.2. The van der Waals surface area contributed by atoms with Crippen LogP contribution < -0.4 is 16.0 Å². The molecule has 6 nitrogen and oxygen atoms in total. The van der Waals surface area contributed by atoms with Crippen LogP contribution in [0.2, 0.25) is 0 Å². The Balaban J connectivity index is 1.16. The molecule has 1 aliphatic rings. The third-order valence-electron chi connectivity index (χ3n) is 6.91. The van der Waals surface area contributed by atoms with Crippen LogP contribution in [0, 0.1) is 0 Å². The minimum atomic E-state index is -0.787. The van der Waals surface area contributed by atoms with Gasteiger partial charge in [-0.25, -0.2) is 4.79 Å². The molecular weight excluding hydrogens is 486 g/mol. The van der Waals surface area contributed by atoms with Gasteiger partial charge in [-0.2, -0.15) is 0 Å². The molecule has 0 heterocycles. The van der Waals surface area contributed by atoms with E-state index in [1.165, 1.54) is 11.1 Å². The van der Waals surface area contributed by atoms with Crippen LogP contribution in [-0.2, 0) is 29.1 Å². The van der Waals surface area contributed by atoms with Crippen molar-refractivity contribution in [3.63, 3.8) is 0 Å². The van der Waals surface area contributed by atoms with Gasteiger partial charge in [0.05, 0.1) is 0 Å². The van der Waals surface area contributed by atoms with Crippen LogP contribution in [0.25, 0.3) is 0 Å². The summed E-state index contributed by atoms with van der Waals surface area (Å²) in [4.78, 5) is 25.8. The second-order valence-corrected chi connectivity index (χ2v) is 9.87. The second kappa shape index (κ2) is 12.9. The Hall–Kier alpha value is -4.42. The highest BCUT2D eigenvalue weighted by molar-refractivity contribution is 5.96. The summed E-state index contributed by atoms with van der Waals surface area (Å²) < 4.78 is 5.37. The van der Waals surface area contributed by atoms with E-state index in [-0.39, 0.29) is 12.5 Å². The van der Waals surface area contributed by atoms with Crippen LogP contribution in [0.1, 0.15) is 34.6 Å². The first-order chi connectivity index (χ1) is 19.1. The van der Waals surface area contributed by atoms with Gasteiger partial charge in [0.25, 0.3) is 0 Å². The first-order valence-corrected chi connectivity index (χ1v) is 13.3. The molecule has 4 aromatic carbocycles. The average molecular weight is 520 g/mol. The summed E-state index contributed by atoms with van der Waals surface area (Å²) in [6, 6.07) is 37.1. The minimum Gasteiger partial charge on any atom is -0.445 e. The Kier molecular flexibility index (Phi) is 8.66. The molecule has 0 saturated heterocycles. The number of ether oxygens (including phenoxy) is 1. The number of carbonyl (C=O) groups excluding carboxylic acids is 2. The molecule has 5 rings (SSSR count). The van der Waals surface area contributed by atoms with Crippen molar-refractivity contribution in [2.45, 2.75) is 44.0 Å². The van der Waals surface area contributed by atoms with Crippen molar-refractivity contribution in [1.82, 2.24) is 10.6 Å². The number of hydrogen-bond donors (Lipinski definition) is 3. The number of nitrogens with one attached hydrogen (secondary N) is 3. The maximum Gasteiger partial charge on any atom is 0.408 e. The average Bonchev–Trinajstić information content (AvgIpc) is 3.76. The van der Waals surface area contributed by atoms with Gasteiger partial charge < -0.3 is 20.7 Å². The van der Waals surface area contributed by atoms with Crippen molar-refractivity contribution in [2.24, 2.45) is 0 Å². The fourth-order valence-corrected chi connectivity index (χ4v) is 4.64. The molecule has 6 heteroatoms. The van der Waals surface area contributed by atoms with Gasteiger partial charge in [0.2, 0.25) is 5.91 Å². The summed E-state index contributed by atoms with van der Waals surface area (Å²) in [5, 5.41) is 9.33.